The quantitative estimate of drug-likeness (QED) is 0.638. The van der Waals surface area contributed by atoms with Gasteiger partial charge in [0.25, 0.3) is 0 Å². The maximum atomic E-state index is 11.8. The number of carbonyl (C=O) groups excluding carboxylic acids is 2. The van der Waals surface area contributed by atoms with Gasteiger partial charge >= 0.3 is 0 Å². The third-order valence-corrected chi connectivity index (χ3v) is 3.86. The van der Waals surface area contributed by atoms with Gasteiger partial charge in [0, 0.05) is 36.1 Å². The van der Waals surface area contributed by atoms with Gasteiger partial charge in [-0.3, -0.25) is 9.59 Å². The Morgan fingerprint density at radius 1 is 1.35 bits per heavy atom. The van der Waals surface area contributed by atoms with E-state index in [2.05, 4.69) is 21.2 Å². The van der Waals surface area contributed by atoms with Crippen LogP contribution in [0, 0.1) is 0 Å². The summed E-state index contributed by atoms with van der Waals surface area (Å²) in [6.07, 6.45) is 3.92. The van der Waals surface area contributed by atoms with E-state index in [0.29, 0.717) is 12.8 Å². The zero-order valence-corrected chi connectivity index (χ0v) is 13.0. The summed E-state index contributed by atoms with van der Waals surface area (Å²) < 4.78 is 0. The minimum absolute atomic E-state index is 0.0239. The monoisotopic (exact) mass is 338 g/mol. The van der Waals surface area contributed by atoms with Crippen LogP contribution in [0.5, 0.6) is 0 Å². The first kappa shape index (κ1) is 15.0. The second-order valence-electron chi connectivity index (χ2n) is 4.89. The molecule has 1 aromatic rings. The minimum atomic E-state index is 0.0239. The lowest BCUT2D eigenvalue weighted by Gasteiger charge is -2.16. The molecule has 1 N–H and O–H groups in total. The summed E-state index contributed by atoms with van der Waals surface area (Å²) in [5, 5.41) is 3.81. The van der Waals surface area contributed by atoms with Crippen LogP contribution in [0.25, 0.3) is 0 Å². The number of nitrogens with zero attached hydrogens (tertiary/aromatic N) is 1. The average molecular weight is 339 g/mol. The van der Waals surface area contributed by atoms with Gasteiger partial charge < -0.3 is 10.2 Å². The molecule has 0 unspecified atom stereocenters. The number of unbranched alkanes of at least 4 members (excludes halogenated alkanes) is 1. The van der Waals surface area contributed by atoms with Crippen molar-refractivity contribution >= 4 is 39.1 Å². The molecule has 2 amide bonds. The summed E-state index contributed by atoms with van der Waals surface area (Å²) in [7, 11) is 0. The van der Waals surface area contributed by atoms with Gasteiger partial charge in [-0.15, -0.1) is 0 Å². The molecule has 1 aliphatic rings. The highest BCUT2D eigenvalue weighted by Crippen LogP contribution is 2.24. The van der Waals surface area contributed by atoms with Crippen LogP contribution in [0.4, 0.5) is 11.4 Å². The highest BCUT2D eigenvalue weighted by Gasteiger charge is 2.21. The van der Waals surface area contributed by atoms with Crippen molar-refractivity contribution in [3.63, 3.8) is 0 Å². The first-order valence-corrected chi connectivity index (χ1v) is 8.09. The molecule has 1 saturated heterocycles. The van der Waals surface area contributed by atoms with Gasteiger partial charge in [-0.25, -0.2) is 0 Å². The number of hydrogen-bond donors (Lipinski definition) is 1. The molecule has 0 bridgehead atoms. The van der Waals surface area contributed by atoms with Crippen LogP contribution in [-0.2, 0) is 9.59 Å². The maximum Gasteiger partial charge on any atom is 0.227 e. The zero-order valence-electron chi connectivity index (χ0n) is 11.4. The number of nitrogens with one attached hydrogen (secondary N) is 1. The molecule has 4 nitrogen and oxygen atoms in total. The lowest BCUT2D eigenvalue weighted by Crippen LogP contribution is -2.23. The van der Waals surface area contributed by atoms with Crippen LogP contribution in [0.1, 0.15) is 32.1 Å². The molecular weight excluding hydrogens is 320 g/mol. The van der Waals surface area contributed by atoms with Crippen LogP contribution in [0.2, 0.25) is 0 Å². The molecule has 2 rings (SSSR count). The fourth-order valence-electron chi connectivity index (χ4n) is 2.28. The minimum Gasteiger partial charge on any atom is -0.326 e. The molecule has 0 radical (unpaired) electrons. The number of rotatable bonds is 6. The van der Waals surface area contributed by atoms with Gasteiger partial charge in [-0.05, 0) is 37.5 Å². The molecule has 5 heteroatoms. The van der Waals surface area contributed by atoms with Crippen molar-refractivity contribution in [2.45, 2.75) is 32.1 Å². The van der Waals surface area contributed by atoms with Gasteiger partial charge in [-0.1, -0.05) is 22.0 Å². The summed E-state index contributed by atoms with van der Waals surface area (Å²) in [6, 6.07) is 7.50. The summed E-state index contributed by atoms with van der Waals surface area (Å²) in [5.74, 6) is 0.182. The van der Waals surface area contributed by atoms with Crippen LogP contribution in [-0.4, -0.2) is 23.7 Å². The molecule has 108 valence electrons. The Balaban J connectivity index is 1.95. The molecule has 0 atom stereocenters. The van der Waals surface area contributed by atoms with Crippen molar-refractivity contribution in [1.82, 2.24) is 0 Å². The largest absolute Gasteiger partial charge is 0.326 e. The van der Waals surface area contributed by atoms with Crippen LogP contribution in [0.3, 0.4) is 0 Å². The molecule has 1 aromatic carbocycles. The predicted octanol–water partition coefficient (Wildman–Crippen LogP) is 3.32. The number of alkyl halides is 1. The number of anilines is 2. The molecule has 0 spiro atoms. The predicted molar refractivity (Wildman–Crippen MR) is 84.3 cm³/mol. The number of amides is 2. The summed E-state index contributed by atoms with van der Waals surface area (Å²) in [6.45, 7) is 0.765. The van der Waals surface area contributed by atoms with Gasteiger partial charge in [-0.2, -0.15) is 0 Å². The highest BCUT2D eigenvalue weighted by molar-refractivity contribution is 9.09. The molecule has 1 heterocycles. The lowest BCUT2D eigenvalue weighted by atomic mass is 10.2. The number of hydrogen-bond acceptors (Lipinski definition) is 2. The normalized spacial score (nSPS) is 14.7. The molecule has 0 saturated carbocycles. The maximum absolute atomic E-state index is 11.8. The summed E-state index contributed by atoms with van der Waals surface area (Å²) in [4.78, 5) is 25.3. The van der Waals surface area contributed by atoms with E-state index >= 15 is 0 Å². The Hall–Kier alpha value is -1.36. The Labute approximate surface area is 127 Å². The van der Waals surface area contributed by atoms with Gasteiger partial charge in [0.2, 0.25) is 11.8 Å². The Bertz CT molecular complexity index is 491. The van der Waals surface area contributed by atoms with E-state index in [-0.39, 0.29) is 11.8 Å². The van der Waals surface area contributed by atoms with E-state index in [9.17, 15) is 9.59 Å². The number of carbonyl (C=O) groups is 2. The lowest BCUT2D eigenvalue weighted by molar-refractivity contribution is -0.117. The molecule has 20 heavy (non-hydrogen) atoms. The van der Waals surface area contributed by atoms with E-state index in [0.717, 1.165) is 42.5 Å². The van der Waals surface area contributed by atoms with Crippen molar-refractivity contribution < 1.29 is 9.59 Å². The summed E-state index contributed by atoms with van der Waals surface area (Å²) >= 11 is 3.35. The third-order valence-electron chi connectivity index (χ3n) is 3.30. The van der Waals surface area contributed by atoms with E-state index in [1.54, 1.807) is 4.90 Å². The average Bonchev–Trinajstić information content (AvgIpc) is 2.85. The molecule has 0 aromatic heterocycles. The fourth-order valence-corrected chi connectivity index (χ4v) is 2.67. The van der Waals surface area contributed by atoms with Gasteiger partial charge in [0.1, 0.15) is 0 Å². The van der Waals surface area contributed by atoms with E-state index in [1.165, 1.54) is 0 Å². The Morgan fingerprint density at radius 3 is 2.90 bits per heavy atom. The van der Waals surface area contributed by atoms with Crippen molar-refractivity contribution in [3.8, 4) is 0 Å². The van der Waals surface area contributed by atoms with E-state index in [1.807, 2.05) is 24.3 Å². The smallest absolute Gasteiger partial charge is 0.227 e. The Morgan fingerprint density at radius 2 is 2.20 bits per heavy atom. The third kappa shape index (κ3) is 4.07. The number of benzene rings is 1. The molecule has 1 fully saturated rings. The first-order valence-electron chi connectivity index (χ1n) is 6.97. The molecule has 0 aliphatic carbocycles. The second kappa shape index (κ2) is 7.43. The molecular formula is C15H19BrN2O2. The SMILES string of the molecule is O=C(CCCCBr)Nc1cccc(N2CCCC2=O)c1. The van der Waals surface area contributed by atoms with Crippen LogP contribution in [0.15, 0.2) is 24.3 Å². The van der Waals surface area contributed by atoms with Crippen molar-refractivity contribution in [3.05, 3.63) is 24.3 Å². The first-order chi connectivity index (χ1) is 9.70. The van der Waals surface area contributed by atoms with Crippen molar-refractivity contribution in [2.75, 3.05) is 22.1 Å². The van der Waals surface area contributed by atoms with Gasteiger partial charge in [0.15, 0.2) is 0 Å². The Kier molecular flexibility index (Phi) is 5.59. The number of halogens is 1. The van der Waals surface area contributed by atoms with E-state index in [4.69, 9.17) is 0 Å². The fraction of sp³-hybridized carbons (Fsp3) is 0.467. The highest BCUT2D eigenvalue weighted by atomic mass is 79.9. The van der Waals surface area contributed by atoms with Crippen molar-refractivity contribution in [2.24, 2.45) is 0 Å². The van der Waals surface area contributed by atoms with E-state index < -0.39 is 0 Å². The summed E-state index contributed by atoms with van der Waals surface area (Å²) in [5.41, 5.74) is 1.62. The standard InChI is InChI=1S/C15H19BrN2O2/c16-9-2-1-7-14(19)17-12-5-3-6-13(11-12)18-10-4-8-15(18)20/h3,5-6,11H,1-2,4,7-10H2,(H,17,19). The van der Waals surface area contributed by atoms with Crippen LogP contribution < -0.4 is 10.2 Å². The molecule has 1 aliphatic heterocycles. The van der Waals surface area contributed by atoms with Crippen LogP contribution >= 0.6 is 15.9 Å². The zero-order chi connectivity index (χ0) is 14.4. The van der Waals surface area contributed by atoms with Crippen molar-refractivity contribution in [1.29, 1.82) is 0 Å². The van der Waals surface area contributed by atoms with Gasteiger partial charge in [0.05, 0.1) is 0 Å². The topological polar surface area (TPSA) is 49.4 Å². The second-order valence-corrected chi connectivity index (χ2v) is 5.69.